The maximum Gasteiger partial charge on any atom is 0.235 e. The van der Waals surface area contributed by atoms with Crippen LogP contribution >= 0.6 is 0 Å². The fourth-order valence-electron chi connectivity index (χ4n) is 7.87. The minimum Gasteiger partial charge on any atom is -0.309 e. The number of anilines is 3. The average Bonchev–Trinajstić information content (AvgIpc) is 3.52. The van der Waals surface area contributed by atoms with Crippen molar-refractivity contribution in [1.29, 1.82) is 0 Å². The van der Waals surface area contributed by atoms with Gasteiger partial charge in [-0.05, 0) is 70.8 Å². The molecule has 0 spiro atoms. The zero-order chi connectivity index (χ0) is 29.9. The highest BCUT2D eigenvalue weighted by molar-refractivity contribution is 6.13. The van der Waals surface area contributed by atoms with E-state index in [1.165, 1.54) is 33.0 Å². The van der Waals surface area contributed by atoms with Crippen LogP contribution in [0.4, 0.5) is 17.1 Å². The molecule has 45 heavy (non-hydrogen) atoms. The van der Waals surface area contributed by atoms with E-state index in [0.29, 0.717) is 5.95 Å². The number of benzene rings is 6. The highest BCUT2D eigenvalue weighted by Gasteiger charge is 2.36. The summed E-state index contributed by atoms with van der Waals surface area (Å²) < 4.78 is 2.28. The number of rotatable bonds is 2. The van der Waals surface area contributed by atoms with Gasteiger partial charge in [-0.15, -0.1) is 0 Å². The molecule has 212 valence electrons. The van der Waals surface area contributed by atoms with E-state index < -0.39 is 0 Å². The summed E-state index contributed by atoms with van der Waals surface area (Å²) in [5.41, 5.74) is 13.8. The summed E-state index contributed by atoms with van der Waals surface area (Å²) in [5.74, 6) is 0.692. The van der Waals surface area contributed by atoms with E-state index in [0.717, 1.165) is 50.3 Å². The van der Waals surface area contributed by atoms with Crippen LogP contribution in [-0.2, 0) is 5.41 Å². The Morgan fingerprint density at radius 2 is 1.27 bits per heavy atom. The predicted octanol–water partition coefficient (Wildman–Crippen LogP) is 10.5. The molecule has 0 N–H and O–H groups in total. The number of fused-ring (bicyclic) bond motifs is 8. The van der Waals surface area contributed by atoms with Crippen molar-refractivity contribution >= 4 is 49.8 Å². The third-order valence-corrected chi connectivity index (χ3v) is 9.92. The molecule has 0 unspecified atom stereocenters. The summed E-state index contributed by atoms with van der Waals surface area (Å²) in [4.78, 5) is 13.1. The van der Waals surface area contributed by atoms with Gasteiger partial charge in [0.15, 0.2) is 0 Å². The van der Waals surface area contributed by atoms with Gasteiger partial charge in [0.1, 0.15) is 0 Å². The molecule has 8 aromatic rings. The second-order valence-electron chi connectivity index (χ2n) is 12.7. The lowest BCUT2D eigenvalue weighted by atomic mass is 9.82. The van der Waals surface area contributed by atoms with Gasteiger partial charge < -0.3 is 4.90 Å². The van der Waals surface area contributed by atoms with Gasteiger partial charge in [-0.3, -0.25) is 4.57 Å². The Hall–Kier alpha value is -5.74. The number of para-hydroxylation sites is 3. The summed E-state index contributed by atoms with van der Waals surface area (Å²) in [6.45, 7) is 4.67. The van der Waals surface area contributed by atoms with Crippen LogP contribution in [0.15, 0.2) is 133 Å². The van der Waals surface area contributed by atoms with Crippen LogP contribution in [0.1, 0.15) is 25.0 Å². The van der Waals surface area contributed by atoms with Gasteiger partial charge in [0, 0.05) is 27.4 Å². The van der Waals surface area contributed by atoms with Crippen LogP contribution in [0.3, 0.4) is 0 Å². The molecule has 2 aromatic heterocycles. The molecule has 10 rings (SSSR count). The SMILES string of the molecule is CC1(C)c2ccccc2-c2cc3c4ccccc4n(-c4nc5c6c(cccc6n4)N(c4ccccc4)c4ccccc4-5)c3cc21. The van der Waals surface area contributed by atoms with Crippen molar-refractivity contribution < 1.29 is 0 Å². The number of hydrogen-bond donors (Lipinski definition) is 0. The molecule has 0 saturated carbocycles. The fourth-order valence-corrected chi connectivity index (χ4v) is 7.87. The molecule has 0 atom stereocenters. The lowest BCUT2D eigenvalue weighted by Crippen LogP contribution is -2.17. The quantitative estimate of drug-likeness (QED) is 0.205. The standard InChI is InChI=1S/C41H28N4/c1-41(2)31-18-9-6-15-26(31)29-23-30-27-16-7-10-20-34(27)45(37(30)24-32(29)41)40-42-33-19-12-22-36-38(33)39(43-40)28-17-8-11-21-35(28)44(36)25-13-4-3-5-14-25/h3-24H,1-2H3. The summed E-state index contributed by atoms with van der Waals surface area (Å²) in [7, 11) is 0. The molecule has 2 aliphatic rings. The Morgan fingerprint density at radius 3 is 2.16 bits per heavy atom. The van der Waals surface area contributed by atoms with Gasteiger partial charge in [-0.2, -0.15) is 0 Å². The van der Waals surface area contributed by atoms with Gasteiger partial charge in [0.05, 0.1) is 39.0 Å². The van der Waals surface area contributed by atoms with Gasteiger partial charge in [-0.1, -0.05) is 98.8 Å². The first-order valence-corrected chi connectivity index (χ1v) is 15.5. The zero-order valence-electron chi connectivity index (χ0n) is 25.0. The van der Waals surface area contributed by atoms with Gasteiger partial charge in [0.2, 0.25) is 5.95 Å². The smallest absolute Gasteiger partial charge is 0.235 e. The van der Waals surface area contributed by atoms with Crippen molar-refractivity contribution in [2.75, 3.05) is 4.90 Å². The molecule has 0 radical (unpaired) electrons. The van der Waals surface area contributed by atoms with E-state index in [2.05, 4.69) is 157 Å². The molecule has 0 saturated heterocycles. The highest BCUT2D eigenvalue weighted by atomic mass is 15.2. The first-order valence-electron chi connectivity index (χ1n) is 15.5. The van der Waals surface area contributed by atoms with E-state index in [1.54, 1.807) is 0 Å². The minimum atomic E-state index is -0.105. The zero-order valence-corrected chi connectivity index (χ0v) is 25.0. The second kappa shape index (κ2) is 8.67. The number of hydrogen-bond acceptors (Lipinski definition) is 3. The molecule has 1 aliphatic heterocycles. The Kier molecular flexibility index (Phi) is 4.76. The molecule has 0 amide bonds. The van der Waals surface area contributed by atoms with E-state index in [9.17, 15) is 0 Å². The predicted molar refractivity (Wildman–Crippen MR) is 185 cm³/mol. The monoisotopic (exact) mass is 576 g/mol. The van der Waals surface area contributed by atoms with Crippen LogP contribution in [-0.4, -0.2) is 14.5 Å². The summed E-state index contributed by atoms with van der Waals surface area (Å²) in [6, 6.07) is 47.8. The lowest BCUT2D eigenvalue weighted by Gasteiger charge is -2.32. The minimum absolute atomic E-state index is 0.105. The Morgan fingerprint density at radius 1 is 0.533 bits per heavy atom. The number of nitrogens with zero attached hydrogens (tertiary/aromatic N) is 4. The number of aromatic nitrogens is 3. The van der Waals surface area contributed by atoms with Crippen molar-refractivity contribution in [2.24, 2.45) is 0 Å². The Labute approximate surface area is 260 Å². The summed E-state index contributed by atoms with van der Waals surface area (Å²) in [6.07, 6.45) is 0. The van der Waals surface area contributed by atoms with Crippen molar-refractivity contribution in [1.82, 2.24) is 14.5 Å². The highest BCUT2D eigenvalue weighted by Crippen LogP contribution is 2.52. The molecule has 0 bridgehead atoms. The second-order valence-corrected chi connectivity index (χ2v) is 12.7. The third-order valence-electron chi connectivity index (χ3n) is 9.92. The van der Waals surface area contributed by atoms with Gasteiger partial charge in [0.25, 0.3) is 0 Å². The van der Waals surface area contributed by atoms with Crippen LogP contribution in [0.25, 0.3) is 61.0 Å². The lowest BCUT2D eigenvalue weighted by molar-refractivity contribution is 0.661. The van der Waals surface area contributed by atoms with Crippen molar-refractivity contribution in [3.8, 4) is 28.3 Å². The summed E-state index contributed by atoms with van der Waals surface area (Å²) >= 11 is 0. The molecule has 4 nitrogen and oxygen atoms in total. The largest absolute Gasteiger partial charge is 0.309 e. The van der Waals surface area contributed by atoms with Crippen LogP contribution < -0.4 is 4.90 Å². The molecule has 6 aromatic carbocycles. The van der Waals surface area contributed by atoms with Crippen molar-refractivity contribution in [2.45, 2.75) is 19.3 Å². The van der Waals surface area contributed by atoms with Crippen molar-refractivity contribution in [3.63, 3.8) is 0 Å². The van der Waals surface area contributed by atoms with Gasteiger partial charge >= 0.3 is 0 Å². The maximum absolute atomic E-state index is 5.44. The fraction of sp³-hybridized carbons (Fsp3) is 0.0732. The Balaban J connectivity index is 1.29. The summed E-state index contributed by atoms with van der Waals surface area (Å²) in [5, 5.41) is 3.50. The van der Waals surface area contributed by atoms with Crippen LogP contribution in [0, 0.1) is 0 Å². The molecule has 4 heteroatoms. The van der Waals surface area contributed by atoms with Gasteiger partial charge in [-0.25, -0.2) is 9.97 Å². The first-order chi connectivity index (χ1) is 22.1. The third kappa shape index (κ3) is 3.21. The Bertz CT molecular complexity index is 2520. The molecular weight excluding hydrogens is 548 g/mol. The molecular formula is C41H28N4. The van der Waals surface area contributed by atoms with Crippen LogP contribution in [0.5, 0.6) is 0 Å². The normalized spacial score (nSPS) is 14.1. The molecule has 0 fully saturated rings. The molecule has 1 aliphatic carbocycles. The van der Waals surface area contributed by atoms with E-state index in [4.69, 9.17) is 9.97 Å². The first kappa shape index (κ1) is 24.7. The van der Waals surface area contributed by atoms with E-state index in [-0.39, 0.29) is 5.41 Å². The molecule has 3 heterocycles. The maximum atomic E-state index is 5.44. The van der Waals surface area contributed by atoms with E-state index >= 15 is 0 Å². The topological polar surface area (TPSA) is 34.0 Å². The van der Waals surface area contributed by atoms with Crippen molar-refractivity contribution in [3.05, 3.63) is 145 Å². The average molecular weight is 577 g/mol. The van der Waals surface area contributed by atoms with E-state index in [1.807, 2.05) is 0 Å². The van der Waals surface area contributed by atoms with Crippen LogP contribution in [0.2, 0.25) is 0 Å².